The van der Waals surface area contributed by atoms with Gasteiger partial charge in [0, 0.05) is 38.5 Å². The molecule has 3 aromatic heterocycles. The van der Waals surface area contributed by atoms with Crippen LogP contribution in [0, 0.1) is 0 Å². The number of hydrogen-bond acceptors (Lipinski definition) is 3. The fourth-order valence-corrected chi connectivity index (χ4v) is 7.26. The predicted molar refractivity (Wildman–Crippen MR) is 205 cm³/mol. The SMILES string of the molecule is c1ccc(-c2cccc(-c3cc(-c4ccc(-n5c6ccccc6c6ccc7oc8ccccc8c7c65)cc4)nc(-c4ccccc4)n3)c2)cc1. The fraction of sp³-hybridized carbons (Fsp3) is 0. The molecule has 0 spiro atoms. The lowest BCUT2D eigenvalue weighted by Gasteiger charge is -2.12. The van der Waals surface area contributed by atoms with Gasteiger partial charge in [-0.25, -0.2) is 9.97 Å². The van der Waals surface area contributed by atoms with Gasteiger partial charge in [0.25, 0.3) is 0 Å². The number of fused-ring (bicyclic) bond motifs is 7. The van der Waals surface area contributed by atoms with Gasteiger partial charge in [0.1, 0.15) is 11.2 Å². The zero-order valence-corrected chi connectivity index (χ0v) is 27.0. The van der Waals surface area contributed by atoms with Crippen LogP contribution in [0.25, 0.3) is 94.5 Å². The van der Waals surface area contributed by atoms with E-state index in [1.807, 2.05) is 36.4 Å². The molecular weight excluding hydrogens is 611 g/mol. The number of furan rings is 1. The third kappa shape index (κ3) is 4.61. The van der Waals surface area contributed by atoms with E-state index in [2.05, 4.69) is 144 Å². The summed E-state index contributed by atoms with van der Waals surface area (Å²) < 4.78 is 8.69. The zero-order valence-electron chi connectivity index (χ0n) is 27.0. The van der Waals surface area contributed by atoms with Gasteiger partial charge >= 0.3 is 0 Å². The summed E-state index contributed by atoms with van der Waals surface area (Å²) in [6.45, 7) is 0. The Morgan fingerprint density at radius 2 is 1.04 bits per heavy atom. The second-order valence-electron chi connectivity index (χ2n) is 12.6. The van der Waals surface area contributed by atoms with Crippen molar-refractivity contribution in [3.8, 4) is 50.7 Å². The van der Waals surface area contributed by atoms with Gasteiger partial charge in [0.05, 0.1) is 27.8 Å². The minimum absolute atomic E-state index is 0.698. The number of hydrogen-bond donors (Lipinski definition) is 0. The maximum atomic E-state index is 6.32. The zero-order chi connectivity index (χ0) is 33.0. The van der Waals surface area contributed by atoms with Crippen LogP contribution in [0.5, 0.6) is 0 Å². The number of aromatic nitrogens is 3. The molecule has 4 nitrogen and oxygen atoms in total. The summed E-state index contributed by atoms with van der Waals surface area (Å²) in [4.78, 5) is 10.2. The molecule has 0 N–H and O–H groups in total. The molecule has 4 heteroatoms. The summed E-state index contributed by atoms with van der Waals surface area (Å²) in [5.74, 6) is 0.698. The quantitative estimate of drug-likeness (QED) is 0.188. The highest BCUT2D eigenvalue weighted by Gasteiger charge is 2.19. The van der Waals surface area contributed by atoms with Crippen LogP contribution in [0.4, 0.5) is 0 Å². The molecule has 0 aliphatic rings. The minimum atomic E-state index is 0.698. The van der Waals surface area contributed by atoms with Crippen molar-refractivity contribution >= 4 is 43.7 Å². The number of benzene rings is 7. The molecule has 0 aliphatic carbocycles. The van der Waals surface area contributed by atoms with Crippen LogP contribution in [-0.4, -0.2) is 14.5 Å². The molecule has 3 heterocycles. The molecule has 0 radical (unpaired) electrons. The molecule has 234 valence electrons. The maximum Gasteiger partial charge on any atom is 0.160 e. The van der Waals surface area contributed by atoms with Crippen molar-refractivity contribution in [2.24, 2.45) is 0 Å². The van der Waals surface area contributed by atoms with E-state index in [9.17, 15) is 0 Å². The molecule has 0 aliphatic heterocycles. The van der Waals surface area contributed by atoms with Gasteiger partial charge < -0.3 is 8.98 Å². The summed E-state index contributed by atoms with van der Waals surface area (Å²) in [5.41, 5.74) is 12.3. The second-order valence-corrected chi connectivity index (χ2v) is 12.6. The molecule has 0 bridgehead atoms. The van der Waals surface area contributed by atoms with Crippen molar-refractivity contribution in [2.75, 3.05) is 0 Å². The number of nitrogens with zero attached hydrogens (tertiary/aromatic N) is 3. The molecule has 10 rings (SSSR count). The summed E-state index contributed by atoms with van der Waals surface area (Å²) in [6.07, 6.45) is 0. The van der Waals surface area contributed by atoms with E-state index in [0.29, 0.717) is 5.82 Å². The first-order chi connectivity index (χ1) is 24.8. The smallest absolute Gasteiger partial charge is 0.160 e. The molecule has 0 saturated carbocycles. The highest BCUT2D eigenvalue weighted by molar-refractivity contribution is 6.24. The van der Waals surface area contributed by atoms with Crippen LogP contribution in [0.15, 0.2) is 180 Å². The number of para-hydroxylation sites is 2. The third-order valence-corrected chi connectivity index (χ3v) is 9.62. The first-order valence-electron chi connectivity index (χ1n) is 16.8. The summed E-state index contributed by atoms with van der Waals surface area (Å²) in [5, 5.41) is 4.66. The lowest BCUT2D eigenvalue weighted by atomic mass is 10.0. The van der Waals surface area contributed by atoms with E-state index >= 15 is 0 Å². The van der Waals surface area contributed by atoms with E-state index in [1.165, 1.54) is 16.3 Å². The van der Waals surface area contributed by atoms with E-state index < -0.39 is 0 Å². The van der Waals surface area contributed by atoms with Gasteiger partial charge in [-0.1, -0.05) is 127 Å². The van der Waals surface area contributed by atoms with E-state index in [4.69, 9.17) is 14.4 Å². The Morgan fingerprint density at radius 3 is 1.84 bits per heavy atom. The highest BCUT2D eigenvalue weighted by Crippen LogP contribution is 2.41. The summed E-state index contributed by atoms with van der Waals surface area (Å²) in [7, 11) is 0. The van der Waals surface area contributed by atoms with E-state index in [0.717, 1.165) is 72.3 Å². The average Bonchev–Trinajstić information content (AvgIpc) is 3.74. The topological polar surface area (TPSA) is 43.9 Å². The van der Waals surface area contributed by atoms with Gasteiger partial charge in [-0.15, -0.1) is 0 Å². The first-order valence-corrected chi connectivity index (χ1v) is 16.8. The fourth-order valence-electron chi connectivity index (χ4n) is 7.26. The van der Waals surface area contributed by atoms with Crippen molar-refractivity contribution in [1.29, 1.82) is 0 Å². The normalized spacial score (nSPS) is 11.6. The molecule has 0 fully saturated rings. The largest absolute Gasteiger partial charge is 0.456 e. The highest BCUT2D eigenvalue weighted by atomic mass is 16.3. The van der Waals surface area contributed by atoms with E-state index in [1.54, 1.807) is 0 Å². The monoisotopic (exact) mass is 639 g/mol. The molecule has 50 heavy (non-hydrogen) atoms. The Bertz CT molecular complexity index is 2850. The number of rotatable bonds is 5. The minimum Gasteiger partial charge on any atom is -0.456 e. The van der Waals surface area contributed by atoms with Gasteiger partial charge in [0.2, 0.25) is 0 Å². The van der Waals surface area contributed by atoms with Crippen LogP contribution in [-0.2, 0) is 0 Å². The van der Waals surface area contributed by atoms with Crippen molar-refractivity contribution in [3.05, 3.63) is 176 Å². The summed E-state index contributed by atoms with van der Waals surface area (Å²) >= 11 is 0. The first kappa shape index (κ1) is 28.3. The Kier molecular flexibility index (Phi) is 6.46. The van der Waals surface area contributed by atoms with Crippen molar-refractivity contribution in [2.45, 2.75) is 0 Å². The van der Waals surface area contributed by atoms with E-state index in [-0.39, 0.29) is 0 Å². The van der Waals surface area contributed by atoms with Gasteiger partial charge in [-0.05, 0) is 59.7 Å². The van der Waals surface area contributed by atoms with Gasteiger partial charge in [-0.3, -0.25) is 0 Å². The molecular formula is C46H29N3O. The molecule has 0 atom stereocenters. The van der Waals surface area contributed by atoms with Crippen LogP contribution in [0.1, 0.15) is 0 Å². The maximum absolute atomic E-state index is 6.32. The van der Waals surface area contributed by atoms with Crippen LogP contribution in [0.2, 0.25) is 0 Å². The van der Waals surface area contributed by atoms with Crippen LogP contribution in [0.3, 0.4) is 0 Å². The third-order valence-electron chi connectivity index (χ3n) is 9.62. The second kappa shape index (κ2) is 11.4. The van der Waals surface area contributed by atoms with Gasteiger partial charge in [-0.2, -0.15) is 0 Å². The molecule has 7 aromatic carbocycles. The van der Waals surface area contributed by atoms with Crippen molar-refractivity contribution in [1.82, 2.24) is 14.5 Å². The lowest BCUT2D eigenvalue weighted by molar-refractivity contribution is 0.669. The van der Waals surface area contributed by atoms with Crippen molar-refractivity contribution < 1.29 is 4.42 Å². The standard InChI is InChI=1S/C46H29N3O/c1-3-12-30(13-4-1)33-16-11-17-34(28-33)40-29-39(47-46(48-40)32-14-5-2-6-15-32)31-22-24-35(25-23-31)49-41-20-9-7-18-36(41)37-26-27-43-44(45(37)49)38-19-8-10-21-42(38)50-43/h1-29H. The summed E-state index contributed by atoms with van der Waals surface area (Å²) in [6, 6.07) is 61.3. The van der Waals surface area contributed by atoms with Gasteiger partial charge in [0.15, 0.2) is 5.82 Å². The Morgan fingerprint density at radius 1 is 0.400 bits per heavy atom. The molecule has 10 aromatic rings. The lowest BCUT2D eigenvalue weighted by Crippen LogP contribution is -1.97. The Labute approximate surface area is 288 Å². The van der Waals surface area contributed by atoms with Crippen molar-refractivity contribution in [3.63, 3.8) is 0 Å². The average molecular weight is 640 g/mol. The van der Waals surface area contributed by atoms with Crippen LogP contribution < -0.4 is 0 Å². The molecule has 0 unspecified atom stereocenters. The Balaban J connectivity index is 1.14. The predicted octanol–water partition coefficient (Wildman–Crippen LogP) is 12.1. The Hall–Kier alpha value is -6.78. The van der Waals surface area contributed by atoms with Crippen LogP contribution >= 0.6 is 0 Å². The molecule has 0 saturated heterocycles. The molecule has 0 amide bonds.